The standard InChI is InChI=1S/C24H20Si/c1-4-12-20(13-5-1)23-18-10-11-19-24(23)25(21-14-6-2-7-15-21)22-16-8-3-9-17-22/h1-19,25H. The molecule has 4 aromatic rings. The zero-order valence-corrected chi connectivity index (χ0v) is 15.2. The Morgan fingerprint density at radius 2 is 0.840 bits per heavy atom. The van der Waals surface area contributed by atoms with Gasteiger partial charge in [-0.05, 0) is 16.3 Å². The molecule has 0 spiro atoms. The first-order valence-electron chi connectivity index (χ1n) is 8.68. The topological polar surface area (TPSA) is 0 Å². The van der Waals surface area contributed by atoms with E-state index in [1.54, 1.807) is 0 Å². The fourth-order valence-electron chi connectivity index (χ4n) is 3.47. The Morgan fingerprint density at radius 3 is 1.40 bits per heavy atom. The van der Waals surface area contributed by atoms with Crippen LogP contribution < -0.4 is 15.6 Å². The molecular weight excluding hydrogens is 316 g/mol. The summed E-state index contributed by atoms with van der Waals surface area (Å²) < 4.78 is 0. The Hall–Kier alpha value is -2.90. The predicted octanol–water partition coefficient (Wildman–Crippen LogP) is 3.60. The van der Waals surface area contributed by atoms with Gasteiger partial charge < -0.3 is 0 Å². The van der Waals surface area contributed by atoms with Crippen molar-refractivity contribution < 1.29 is 0 Å². The molecule has 0 bridgehead atoms. The van der Waals surface area contributed by atoms with E-state index in [1.807, 2.05) is 0 Å². The molecule has 0 nitrogen and oxygen atoms in total. The number of benzene rings is 4. The summed E-state index contributed by atoms with van der Waals surface area (Å²) in [6, 6.07) is 41.6. The van der Waals surface area contributed by atoms with Crippen LogP contribution in [0.5, 0.6) is 0 Å². The highest BCUT2D eigenvalue weighted by Crippen LogP contribution is 2.17. The molecule has 120 valence electrons. The van der Waals surface area contributed by atoms with E-state index >= 15 is 0 Å². The van der Waals surface area contributed by atoms with Crippen molar-refractivity contribution in [3.63, 3.8) is 0 Å². The van der Waals surface area contributed by atoms with Gasteiger partial charge in [-0.2, -0.15) is 0 Å². The van der Waals surface area contributed by atoms with E-state index < -0.39 is 8.80 Å². The lowest BCUT2D eigenvalue weighted by molar-refractivity contribution is 1.64. The lowest BCUT2D eigenvalue weighted by Crippen LogP contribution is -2.52. The van der Waals surface area contributed by atoms with Crippen LogP contribution in [0.4, 0.5) is 0 Å². The molecule has 0 aliphatic carbocycles. The average Bonchev–Trinajstić information content (AvgIpc) is 2.71. The van der Waals surface area contributed by atoms with Crippen LogP contribution in [0.1, 0.15) is 0 Å². The highest BCUT2D eigenvalue weighted by molar-refractivity contribution is 6.96. The van der Waals surface area contributed by atoms with Crippen LogP contribution in [0.25, 0.3) is 11.1 Å². The second kappa shape index (κ2) is 7.33. The molecule has 0 heterocycles. The van der Waals surface area contributed by atoms with Gasteiger partial charge >= 0.3 is 0 Å². The van der Waals surface area contributed by atoms with Crippen LogP contribution in [0.3, 0.4) is 0 Å². The Kier molecular flexibility index (Phi) is 4.58. The molecule has 0 aliphatic rings. The van der Waals surface area contributed by atoms with Crippen molar-refractivity contribution in [2.45, 2.75) is 0 Å². The summed E-state index contributed by atoms with van der Waals surface area (Å²) in [4.78, 5) is 0. The van der Waals surface area contributed by atoms with Crippen LogP contribution in [-0.2, 0) is 0 Å². The molecule has 0 N–H and O–H groups in total. The van der Waals surface area contributed by atoms with Crippen molar-refractivity contribution in [2.75, 3.05) is 0 Å². The van der Waals surface area contributed by atoms with E-state index in [4.69, 9.17) is 0 Å². The van der Waals surface area contributed by atoms with E-state index in [1.165, 1.54) is 26.7 Å². The van der Waals surface area contributed by atoms with E-state index in [2.05, 4.69) is 115 Å². The molecule has 0 saturated heterocycles. The molecule has 0 unspecified atom stereocenters. The molecule has 1 heteroatoms. The Morgan fingerprint density at radius 1 is 0.400 bits per heavy atom. The maximum absolute atomic E-state index is 2.32. The SMILES string of the molecule is c1ccc(-c2ccccc2[SiH](c2ccccc2)c2ccccc2)cc1. The number of rotatable bonds is 4. The Labute approximate surface area is 151 Å². The van der Waals surface area contributed by atoms with Gasteiger partial charge in [0.15, 0.2) is 0 Å². The van der Waals surface area contributed by atoms with Gasteiger partial charge in [-0.3, -0.25) is 0 Å². The van der Waals surface area contributed by atoms with Gasteiger partial charge in [-0.15, -0.1) is 0 Å². The second-order valence-corrected chi connectivity index (χ2v) is 9.03. The fraction of sp³-hybridized carbons (Fsp3) is 0. The summed E-state index contributed by atoms with van der Waals surface area (Å²) in [5.41, 5.74) is 2.65. The highest BCUT2D eigenvalue weighted by atomic mass is 28.3. The zero-order valence-electron chi connectivity index (χ0n) is 14.0. The van der Waals surface area contributed by atoms with Crippen molar-refractivity contribution in [3.05, 3.63) is 115 Å². The Balaban J connectivity index is 1.93. The van der Waals surface area contributed by atoms with Crippen LogP contribution in [0.15, 0.2) is 115 Å². The van der Waals surface area contributed by atoms with Crippen molar-refractivity contribution >= 4 is 24.4 Å². The zero-order chi connectivity index (χ0) is 16.9. The molecule has 0 fully saturated rings. The predicted molar refractivity (Wildman–Crippen MR) is 111 cm³/mol. The maximum atomic E-state index is 2.32. The van der Waals surface area contributed by atoms with E-state index in [-0.39, 0.29) is 0 Å². The van der Waals surface area contributed by atoms with Gasteiger partial charge in [0.25, 0.3) is 0 Å². The third-order valence-electron chi connectivity index (χ3n) is 4.62. The second-order valence-electron chi connectivity index (χ2n) is 6.21. The molecule has 0 aliphatic heterocycles. The van der Waals surface area contributed by atoms with Gasteiger partial charge in [0.05, 0.1) is 0 Å². The van der Waals surface area contributed by atoms with E-state index in [0.29, 0.717) is 0 Å². The van der Waals surface area contributed by atoms with Crippen LogP contribution in [-0.4, -0.2) is 8.80 Å². The monoisotopic (exact) mass is 336 g/mol. The molecule has 25 heavy (non-hydrogen) atoms. The summed E-state index contributed by atoms with van der Waals surface area (Å²) in [5.74, 6) is 0. The minimum absolute atomic E-state index is 1.29. The minimum atomic E-state index is -1.52. The summed E-state index contributed by atoms with van der Waals surface area (Å²) in [7, 11) is -1.52. The van der Waals surface area contributed by atoms with Crippen molar-refractivity contribution in [1.29, 1.82) is 0 Å². The minimum Gasteiger partial charge on any atom is -0.0625 e. The van der Waals surface area contributed by atoms with E-state index in [9.17, 15) is 0 Å². The van der Waals surface area contributed by atoms with Gasteiger partial charge in [-0.25, -0.2) is 0 Å². The van der Waals surface area contributed by atoms with Gasteiger partial charge in [0, 0.05) is 0 Å². The van der Waals surface area contributed by atoms with Crippen LogP contribution in [0.2, 0.25) is 0 Å². The summed E-state index contributed by atoms with van der Waals surface area (Å²) in [6.45, 7) is 0. The molecule has 0 amide bonds. The first-order chi connectivity index (χ1) is 12.4. The van der Waals surface area contributed by atoms with Gasteiger partial charge in [-0.1, -0.05) is 126 Å². The molecule has 0 radical (unpaired) electrons. The maximum Gasteiger partial charge on any atom is 0.133 e. The highest BCUT2D eigenvalue weighted by Gasteiger charge is 2.21. The number of hydrogen-bond acceptors (Lipinski definition) is 0. The largest absolute Gasteiger partial charge is 0.133 e. The third kappa shape index (κ3) is 3.33. The van der Waals surface area contributed by atoms with Gasteiger partial charge in [0.1, 0.15) is 8.80 Å². The molecule has 4 rings (SSSR count). The number of hydrogen-bond donors (Lipinski definition) is 0. The summed E-state index contributed by atoms with van der Waals surface area (Å²) in [5, 5.41) is 4.39. The lowest BCUT2D eigenvalue weighted by atomic mass is 10.1. The Bertz CT molecular complexity index is 892. The third-order valence-corrected chi connectivity index (χ3v) is 7.85. The molecule has 0 aromatic heterocycles. The average molecular weight is 337 g/mol. The lowest BCUT2D eigenvalue weighted by Gasteiger charge is -2.20. The van der Waals surface area contributed by atoms with Crippen molar-refractivity contribution in [3.8, 4) is 11.1 Å². The smallest absolute Gasteiger partial charge is 0.0625 e. The van der Waals surface area contributed by atoms with Crippen molar-refractivity contribution in [2.24, 2.45) is 0 Å². The van der Waals surface area contributed by atoms with Gasteiger partial charge in [0.2, 0.25) is 0 Å². The summed E-state index contributed by atoms with van der Waals surface area (Å²) in [6.07, 6.45) is 0. The fourth-order valence-corrected chi connectivity index (χ4v) is 6.67. The molecule has 0 saturated carbocycles. The molecule has 4 aromatic carbocycles. The van der Waals surface area contributed by atoms with E-state index in [0.717, 1.165) is 0 Å². The van der Waals surface area contributed by atoms with Crippen LogP contribution in [0, 0.1) is 0 Å². The van der Waals surface area contributed by atoms with Crippen molar-refractivity contribution in [1.82, 2.24) is 0 Å². The quantitative estimate of drug-likeness (QED) is 0.395. The first-order valence-corrected chi connectivity index (χ1v) is 10.4. The molecular formula is C24H20Si. The first kappa shape index (κ1) is 15.6. The van der Waals surface area contributed by atoms with Crippen LogP contribution >= 0.6 is 0 Å². The molecule has 0 atom stereocenters. The summed E-state index contributed by atoms with van der Waals surface area (Å²) >= 11 is 0. The normalized spacial score (nSPS) is 10.8.